The predicted molar refractivity (Wildman–Crippen MR) is 86.9 cm³/mol. The molecule has 0 saturated carbocycles. The molecule has 4 nitrogen and oxygen atoms in total. The molecule has 5 rings (SSSR count). The molecule has 23 heavy (non-hydrogen) atoms. The zero-order valence-corrected chi connectivity index (χ0v) is 13.6. The third kappa shape index (κ3) is 1.85. The van der Waals surface area contributed by atoms with Crippen LogP contribution in [-0.2, 0) is 16.7 Å². The van der Waals surface area contributed by atoms with Gasteiger partial charge in [-0.1, -0.05) is 6.08 Å². The molecule has 0 unspecified atom stereocenters. The number of benzene rings is 1. The summed E-state index contributed by atoms with van der Waals surface area (Å²) < 4.78 is 17.1. The summed E-state index contributed by atoms with van der Waals surface area (Å²) in [6.45, 7) is 2.67. The highest BCUT2D eigenvalue weighted by Gasteiger charge is 2.51. The summed E-state index contributed by atoms with van der Waals surface area (Å²) in [4.78, 5) is 2.69. The number of hydrogen-bond donors (Lipinski definition) is 0. The number of methoxy groups -OCH3 is 1. The van der Waals surface area contributed by atoms with Crippen molar-refractivity contribution >= 4 is 0 Å². The lowest BCUT2D eigenvalue weighted by Crippen LogP contribution is -2.46. The van der Waals surface area contributed by atoms with E-state index in [4.69, 9.17) is 14.2 Å². The molecule has 1 spiro atoms. The number of hydrogen-bond acceptors (Lipinski definition) is 4. The van der Waals surface area contributed by atoms with Crippen molar-refractivity contribution in [1.29, 1.82) is 0 Å². The molecule has 3 aliphatic heterocycles. The monoisotopic (exact) mass is 313 g/mol. The van der Waals surface area contributed by atoms with Crippen LogP contribution in [0.5, 0.6) is 11.5 Å². The van der Waals surface area contributed by atoms with Crippen LogP contribution in [0.3, 0.4) is 0 Å². The van der Waals surface area contributed by atoms with Crippen LogP contribution in [0.4, 0.5) is 0 Å². The number of aryl methyl sites for hydroxylation is 1. The van der Waals surface area contributed by atoms with Crippen LogP contribution in [0.15, 0.2) is 23.8 Å². The van der Waals surface area contributed by atoms with Crippen molar-refractivity contribution in [2.24, 2.45) is 0 Å². The van der Waals surface area contributed by atoms with Crippen molar-refractivity contribution in [2.75, 3.05) is 27.0 Å². The van der Waals surface area contributed by atoms with Crippen LogP contribution >= 0.6 is 0 Å². The molecule has 1 aromatic carbocycles. The summed E-state index contributed by atoms with van der Waals surface area (Å²) >= 11 is 0. The number of ether oxygens (including phenoxy) is 3. The zero-order chi connectivity index (χ0) is 15.4. The van der Waals surface area contributed by atoms with E-state index in [1.54, 1.807) is 5.57 Å². The van der Waals surface area contributed by atoms with E-state index in [0.717, 1.165) is 43.9 Å². The first-order chi connectivity index (χ1) is 11.3. The Morgan fingerprint density at radius 2 is 2.04 bits per heavy atom. The van der Waals surface area contributed by atoms with Gasteiger partial charge in [-0.15, -0.1) is 0 Å². The van der Waals surface area contributed by atoms with Gasteiger partial charge in [-0.2, -0.15) is 0 Å². The zero-order valence-electron chi connectivity index (χ0n) is 13.6. The summed E-state index contributed by atoms with van der Waals surface area (Å²) in [6.07, 6.45) is 8.36. The summed E-state index contributed by atoms with van der Waals surface area (Å²) in [5.74, 6) is 1.82. The van der Waals surface area contributed by atoms with Crippen LogP contribution in [0.1, 0.15) is 36.8 Å². The summed E-state index contributed by atoms with van der Waals surface area (Å²) in [6, 6.07) is 4.48. The van der Waals surface area contributed by atoms with Crippen LogP contribution in [-0.4, -0.2) is 38.0 Å². The maximum Gasteiger partial charge on any atom is 0.231 e. The minimum Gasteiger partial charge on any atom is -0.454 e. The van der Waals surface area contributed by atoms with Gasteiger partial charge in [-0.3, -0.25) is 4.90 Å². The number of nitrogens with zero attached hydrogens (tertiary/aromatic N) is 1. The molecule has 0 amide bonds. The molecule has 0 bridgehead atoms. The Kier molecular flexibility index (Phi) is 3.01. The molecule has 0 N–H and O–H groups in total. The van der Waals surface area contributed by atoms with Crippen molar-refractivity contribution < 1.29 is 14.2 Å². The lowest BCUT2D eigenvalue weighted by molar-refractivity contribution is 0.0346. The van der Waals surface area contributed by atoms with Crippen molar-refractivity contribution in [2.45, 2.75) is 43.7 Å². The molecule has 4 heteroatoms. The molecule has 4 aliphatic rings. The first-order valence-corrected chi connectivity index (χ1v) is 8.71. The maximum atomic E-state index is 5.76. The van der Waals surface area contributed by atoms with Crippen molar-refractivity contribution in [1.82, 2.24) is 4.90 Å². The van der Waals surface area contributed by atoms with E-state index in [1.165, 1.54) is 24.0 Å². The maximum absolute atomic E-state index is 5.76. The van der Waals surface area contributed by atoms with Crippen LogP contribution in [0, 0.1) is 0 Å². The minimum absolute atomic E-state index is 0.0196. The minimum atomic E-state index is 0.0196. The van der Waals surface area contributed by atoms with E-state index in [-0.39, 0.29) is 5.54 Å². The Bertz CT molecular complexity index is 683. The van der Waals surface area contributed by atoms with Gasteiger partial charge in [0.15, 0.2) is 11.5 Å². The standard InChI is InChI=1S/C19H23NO3/c1-21-15-5-4-14-6-8-20-7-2-3-13-9-17-18(23-12-22-17)10-16(13)19(14,20)11-15/h4,9-10,15H,2-3,5-8,11-12H2,1H3/t15-,19-/m0/s1. The Morgan fingerprint density at radius 3 is 2.91 bits per heavy atom. The molecule has 0 radical (unpaired) electrons. The largest absolute Gasteiger partial charge is 0.454 e. The Labute approximate surface area is 137 Å². The Balaban J connectivity index is 1.72. The quantitative estimate of drug-likeness (QED) is 0.746. The van der Waals surface area contributed by atoms with E-state index >= 15 is 0 Å². The van der Waals surface area contributed by atoms with Crippen molar-refractivity contribution in [3.8, 4) is 11.5 Å². The Hall–Kier alpha value is -1.52. The van der Waals surface area contributed by atoms with Gasteiger partial charge in [0.25, 0.3) is 0 Å². The second-order valence-electron chi connectivity index (χ2n) is 7.09. The average Bonchev–Trinajstić information content (AvgIpc) is 3.15. The summed E-state index contributed by atoms with van der Waals surface area (Å²) in [7, 11) is 1.84. The SMILES string of the molecule is CO[C@H]1CC=C2CCN3CCCc4cc5c(cc4[C@]23C1)OCO5. The predicted octanol–water partition coefficient (Wildman–Crippen LogP) is 3.00. The second kappa shape index (κ2) is 4.99. The molecular formula is C19H23NO3. The highest BCUT2D eigenvalue weighted by atomic mass is 16.7. The lowest BCUT2D eigenvalue weighted by Gasteiger charge is -2.44. The lowest BCUT2D eigenvalue weighted by atomic mass is 9.73. The van der Waals surface area contributed by atoms with Gasteiger partial charge in [0.2, 0.25) is 6.79 Å². The number of fused-ring (bicyclic) bond motifs is 2. The van der Waals surface area contributed by atoms with E-state index < -0.39 is 0 Å². The Morgan fingerprint density at radius 1 is 1.17 bits per heavy atom. The van der Waals surface area contributed by atoms with Crippen molar-refractivity contribution in [3.63, 3.8) is 0 Å². The molecule has 1 aliphatic carbocycles. The van der Waals surface area contributed by atoms with E-state index in [1.807, 2.05) is 7.11 Å². The van der Waals surface area contributed by atoms with Gasteiger partial charge in [0.05, 0.1) is 11.6 Å². The fourth-order valence-electron chi connectivity index (χ4n) is 5.05. The average molecular weight is 313 g/mol. The molecule has 1 saturated heterocycles. The van der Waals surface area contributed by atoms with E-state index in [2.05, 4.69) is 23.1 Å². The van der Waals surface area contributed by atoms with E-state index in [9.17, 15) is 0 Å². The fourth-order valence-corrected chi connectivity index (χ4v) is 5.05. The fraction of sp³-hybridized carbons (Fsp3) is 0.579. The van der Waals surface area contributed by atoms with Gasteiger partial charge >= 0.3 is 0 Å². The smallest absolute Gasteiger partial charge is 0.231 e. The first-order valence-electron chi connectivity index (χ1n) is 8.71. The van der Waals surface area contributed by atoms with Gasteiger partial charge < -0.3 is 14.2 Å². The highest BCUT2D eigenvalue weighted by Crippen LogP contribution is 2.54. The normalized spacial score (nSPS) is 31.9. The van der Waals surface area contributed by atoms with Gasteiger partial charge in [0, 0.05) is 20.1 Å². The molecule has 0 aromatic heterocycles. The molecule has 3 heterocycles. The van der Waals surface area contributed by atoms with E-state index in [0.29, 0.717) is 12.9 Å². The molecule has 122 valence electrons. The molecular weight excluding hydrogens is 290 g/mol. The van der Waals surface area contributed by atoms with Gasteiger partial charge in [-0.25, -0.2) is 0 Å². The molecule has 1 fully saturated rings. The van der Waals surface area contributed by atoms with Crippen molar-refractivity contribution in [3.05, 3.63) is 34.9 Å². The summed E-state index contributed by atoms with van der Waals surface area (Å²) in [5, 5.41) is 0. The molecule has 2 atom stereocenters. The molecule has 1 aromatic rings. The van der Waals surface area contributed by atoms with Crippen LogP contribution in [0.25, 0.3) is 0 Å². The topological polar surface area (TPSA) is 30.9 Å². The second-order valence-corrected chi connectivity index (χ2v) is 7.09. The van der Waals surface area contributed by atoms with Gasteiger partial charge in [0.1, 0.15) is 0 Å². The van der Waals surface area contributed by atoms with Gasteiger partial charge in [-0.05, 0) is 61.1 Å². The third-order valence-electron chi connectivity index (χ3n) is 6.12. The van der Waals surface area contributed by atoms with Crippen LogP contribution < -0.4 is 9.47 Å². The van der Waals surface area contributed by atoms with Crippen LogP contribution in [0.2, 0.25) is 0 Å². The summed E-state index contributed by atoms with van der Waals surface area (Å²) in [5.41, 5.74) is 4.48. The highest BCUT2D eigenvalue weighted by molar-refractivity contribution is 5.55. The first kappa shape index (κ1) is 13.9. The number of rotatable bonds is 1. The third-order valence-corrected chi connectivity index (χ3v) is 6.12.